The van der Waals surface area contributed by atoms with E-state index in [0.717, 1.165) is 28.4 Å². The van der Waals surface area contributed by atoms with Gasteiger partial charge in [-0.2, -0.15) is 5.69 Å². The van der Waals surface area contributed by atoms with Crippen LogP contribution >= 0.6 is 0 Å². The topological polar surface area (TPSA) is 31.2 Å². The second-order valence-electron chi connectivity index (χ2n) is 3.12. The molecule has 0 saturated heterocycles. The van der Waals surface area contributed by atoms with Crippen LogP contribution in [0.3, 0.4) is 0 Å². The maximum atomic E-state index is 10.2. The quantitative estimate of drug-likeness (QED) is 0.629. The van der Waals surface area contributed by atoms with Crippen molar-refractivity contribution >= 4 is 23.3 Å². The van der Waals surface area contributed by atoms with Crippen LogP contribution in [-0.2, 0) is 37.5 Å². The molecule has 0 unspecified atom stereocenters. The summed E-state index contributed by atoms with van der Waals surface area (Å²) < 4.78 is 0. The number of allylic oxidation sites excluding steroid dienone is 1. The molecule has 0 fully saturated rings. The number of aromatic nitrogens is 1. The van der Waals surface area contributed by atoms with E-state index in [0.29, 0.717) is 0 Å². The molecule has 0 aliphatic carbocycles. The van der Waals surface area contributed by atoms with Gasteiger partial charge >= 0.3 is 0 Å². The molecule has 2 aromatic rings. The largest absolute Gasteiger partial charge is 0.661 e. The van der Waals surface area contributed by atoms with Crippen LogP contribution in [0.5, 0.6) is 0 Å². The molecule has 0 amide bonds. The van der Waals surface area contributed by atoms with Gasteiger partial charge in [0.1, 0.15) is 6.29 Å². The number of benzene rings is 1. The Labute approximate surface area is 127 Å². The van der Waals surface area contributed by atoms with Crippen LogP contribution in [-0.4, -0.2) is 6.29 Å². The second-order valence-corrected chi connectivity index (χ2v) is 3.12. The van der Waals surface area contributed by atoms with Crippen LogP contribution < -0.4 is 4.98 Å². The molecular weight excluding hydrogens is 287 g/mol. The van der Waals surface area contributed by atoms with Gasteiger partial charge in [-0.15, -0.1) is 5.52 Å². The van der Waals surface area contributed by atoms with Gasteiger partial charge in [0.15, 0.2) is 0 Å². The van der Waals surface area contributed by atoms with Crippen LogP contribution in [0.1, 0.15) is 25.1 Å². The number of hydrogen-bond acceptors (Lipinski definition) is 1. The van der Waals surface area contributed by atoms with Crippen molar-refractivity contribution < 1.29 is 37.5 Å². The first kappa shape index (κ1) is 16.3. The molecule has 3 heteroatoms. The molecular formula is C14H16NOY-. The summed E-state index contributed by atoms with van der Waals surface area (Å²) in [6.07, 6.45) is 4.08. The van der Waals surface area contributed by atoms with E-state index in [9.17, 15) is 4.79 Å². The smallest absolute Gasteiger partial charge is 0.142 e. The summed E-state index contributed by atoms with van der Waals surface area (Å²) in [5.41, 5.74) is 2.98. The summed E-state index contributed by atoms with van der Waals surface area (Å²) in [5.74, 6) is 0. The Bertz CT molecular complexity index is 500. The molecule has 1 aromatic heterocycles. The van der Waals surface area contributed by atoms with Crippen LogP contribution in [0.25, 0.3) is 17.0 Å². The fourth-order valence-corrected chi connectivity index (χ4v) is 1.58. The van der Waals surface area contributed by atoms with Gasteiger partial charge in [-0.05, 0) is 17.0 Å². The Hall–Kier alpha value is -0.726. The Morgan fingerprint density at radius 3 is 2.47 bits per heavy atom. The predicted molar refractivity (Wildman–Crippen MR) is 68.5 cm³/mol. The van der Waals surface area contributed by atoms with Gasteiger partial charge in [0.05, 0.1) is 0 Å². The summed E-state index contributed by atoms with van der Waals surface area (Å²) in [6.45, 7) is 5.95. The number of carbonyl (C=O) groups excluding carboxylic acids is 1. The average Bonchev–Trinajstić information content (AvgIpc) is 2.65. The summed E-state index contributed by atoms with van der Waals surface area (Å²) in [6, 6.07) is 7.92. The predicted octanol–water partition coefficient (Wildman–Crippen LogP) is 3.34. The third-order valence-electron chi connectivity index (χ3n) is 2.21. The number of rotatable bonds is 2. The molecule has 0 aliphatic heterocycles. The molecule has 87 valence electrons. The van der Waals surface area contributed by atoms with Gasteiger partial charge < -0.3 is 4.98 Å². The van der Waals surface area contributed by atoms with Crippen molar-refractivity contribution in [2.24, 2.45) is 0 Å². The summed E-state index contributed by atoms with van der Waals surface area (Å²) >= 11 is 0. The van der Waals surface area contributed by atoms with Gasteiger partial charge in [-0.25, -0.2) is 0 Å². The van der Waals surface area contributed by atoms with E-state index < -0.39 is 0 Å². The SMILES string of the molecule is CC.Cc1[n-]c2ccccc2c1/C=C/C=O.[Y]. The average molecular weight is 303 g/mol. The summed E-state index contributed by atoms with van der Waals surface area (Å²) in [4.78, 5) is 14.6. The minimum absolute atomic E-state index is 0. The van der Waals surface area contributed by atoms with Crippen molar-refractivity contribution in [3.05, 3.63) is 41.6 Å². The first-order chi connectivity index (χ1) is 7.83. The number of aldehydes is 1. The molecule has 0 saturated carbocycles. The number of aryl methyl sites for hydroxylation is 1. The van der Waals surface area contributed by atoms with Gasteiger partial charge in [0.25, 0.3) is 0 Å². The zero-order chi connectivity index (χ0) is 12.0. The molecule has 2 nitrogen and oxygen atoms in total. The molecule has 0 aliphatic rings. The van der Waals surface area contributed by atoms with Crippen LogP contribution in [0.15, 0.2) is 30.3 Å². The molecule has 0 spiro atoms. The summed E-state index contributed by atoms with van der Waals surface area (Å²) in [7, 11) is 0. The minimum atomic E-state index is 0. The van der Waals surface area contributed by atoms with Crippen LogP contribution in [0, 0.1) is 6.92 Å². The molecule has 17 heavy (non-hydrogen) atoms. The maximum absolute atomic E-state index is 10.2. The molecule has 2 rings (SSSR count). The van der Waals surface area contributed by atoms with E-state index in [1.54, 1.807) is 6.08 Å². The van der Waals surface area contributed by atoms with E-state index in [1.165, 1.54) is 6.08 Å². The maximum Gasteiger partial charge on any atom is 0.142 e. The van der Waals surface area contributed by atoms with Gasteiger partial charge in [-0.3, -0.25) is 4.79 Å². The number of fused-ring (bicyclic) bond motifs is 1. The van der Waals surface area contributed by atoms with Crippen molar-refractivity contribution in [3.8, 4) is 0 Å². The second kappa shape index (κ2) is 8.38. The van der Waals surface area contributed by atoms with E-state index in [2.05, 4.69) is 4.98 Å². The normalized spacial score (nSPS) is 9.59. The molecule has 0 N–H and O–H groups in total. The first-order valence-corrected chi connectivity index (χ1v) is 5.47. The molecule has 0 atom stereocenters. The van der Waals surface area contributed by atoms with Crippen molar-refractivity contribution in [2.75, 3.05) is 0 Å². The van der Waals surface area contributed by atoms with Crippen molar-refractivity contribution in [2.45, 2.75) is 20.8 Å². The third-order valence-corrected chi connectivity index (χ3v) is 2.21. The van der Waals surface area contributed by atoms with Crippen LogP contribution in [0.2, 0.25) is 0 Å². The Balaban J connectivity index is 0.000000811. The third kappa shape index (κ3) is 3.90. The fourth-order valence-electron chi connectivity index (χ4n) is 1.58. The fraction of sp³-hybridized carbons (Fsp3) is 0.214. The van der Waals surface area contributed by atoms with E-state index >= 15 is 0 Å². The first-order valence-electron chi connectivity index (χ1n) is 5.47. The van der Waals surface area contributed by atoms with E-state index in [1.807, 2.05) is 45.0 Å². The number of para-hydroxylation sites is 1. The number of hydrogen-bond donors (Lipinski definition) is 0. The van der Waals surface area contributed by atoms with Crippen molar-refractivity contribution in [1.82, 2.24) is 4.98 Å². The van der Waals surface area contributed by atoms with Gasteiger partial charge in [-0.1, -0.05) is 51.1 Å². The zero-order valence-corrected chi connectivity index (χ0v) is 13.3. The molecule has 0 bridgehead atoms. The summed E-state index contributed by atoms with van der Waals surface area (Å²) in [5, 5.41) is 1.10. The molecule has 1 radical (unpaired) electrons. The molecule has 1 heterocycles. The standard InChI is InChI=1S/C12H11NO.C2H6.Y/c1-9-10(6-4-8-14)11-5-2-3-7-12(11)13-9;1-2;/h2-8H,1H3,(H,13,14);1-2H3;/p-1. The Morgan fingerprint density at radius 2 is 1.82 bits per heavy atom. The zero-order valence-electron chi connectivity index (χ0n) is 10.5. The number of carbonyl (C=O) groups is 1. The van der Waals surface area contributed by atoms with Crippen molar-refractivity contribution in [3.63, 3.8) is 0 Å². The monoisotopic (exact) mass is 303 g/mol. The number of nitrogens with zero attached hydrogens (tertiary/aromatic N) is 1. The minimum Gasteiger partial charge on any atom is -0.661 e. The Kier molecular flexibility index (Phi) is 8.02. The van der Waals surface area contributed by atoms with Crippen LogP contribution in [0.4, 0.5) is 0 Å². The van der Waals surface area contributed by atoms with E-state index in [4.69, 9.17) is 0 Å². The molecule has 1 aromatic carbocycles. The van der Waals surface area contributed by atoms with Gasteiger partial charge in [0, 0.05) is 32.7 Å². The van der Waals surface area contributed by atoms with E-state index in [-0.39, 0.29) is 32.7 Å². The Morgan fingerprint density at radius 1 is 1.18 bits per heavy atom. The van der Waals surface area contributed by atoms with Crippen molar-refractivity contribution in [1.29, 1.82) is 0 Å². The van der Waals surface area contributed by atoms with Gasteiger partial charge in [0.2, 0.25) is 0 Å².